The van der Waals surface area contributed by atoms with Crippen LogP contribution in [-0.2, 0) is 12.8 Å². The zero-order valence-corrected chi connectivity index (χ0v) is 12.4. The molecule has 2 nitrogen and oxygen atoms in total. The number of halogens is 2. The predicted molar refractivity (Wildman–Crippen MR) is 82.7 cm³/mol. The summed E-state index contributed by atoms with van der Waals surface area (Å²) >= 11 is 12.1. The number of ether oxygens (including phenoxy) is 1. The predicted octanol–water partition coefficient (Wildman–Crippen LogP) is 4.17. The van der Waals surface area contributed by atoms with Gasteiger partial charge in [-0.05, 0) is 41.8 Å². The van der Waals surface area contributed by atoms with Crippen LogP contribution in [0.5, 0.6) is 5.75 Å². The molecule has 0 bridgehead atoms. The molecule has 0 radical (unpaired) electrons. The standard InChI is InChI=1S/C16H15Cl2NO/c17-12-3-1-10(2-4-12)7-15(19)14-9-13(18)8-11-5-6-20-16(11)14/h1-4,8-9,15H,5-7,19H2. The fourth-order valence-corrected chi connectivity index (χ4v) is 2.93. The van der Waals surface area contributed by atoms with Gasteiger partial charge in [0.05, 0.1) is 6.61 Å². The monoisotopic (exact) mass is 307 g/mol. The van der Waals surface area contributed by atoms with Gasteiger partial charge in [0.15, 0.2) is 0 Å². The van der Waals surface area contributed by atoms with Gasteiger partial charge in [0, 0.05) is 28.1 Å². The van der Waals surface area contributed by atoms with Crippen molar-refractivity contribution in [1.82, 2.24) is 0 Å². The highest BCUT2D eigenvalue weighted by Gasteiger charge is 2.21. The van der Waals surface area contributed by atoms with Crippen LogP contribution >= 0.6 is 23.2 Å². The second kappa shape index (κ2) is 5.65. The molecule has 20 heavy (non-hydrogen) atoms. The third-order valence-electron chi connectivity index (χ3n) is 3.55. The molecule has 0 spiro atoms. The van der Waals surface area contributed by atoms with Crippen molar-refractivity contribution < 1.29 is 4.74 Å². The molecule has 3 rings (SSSR count). The van der Waals surface area contributed by atoms with Gasteiger partial charge in [-0.3, -0.25) is 0 Å². The fourth-order valence-electron chi connectivity index (χ4n) is 2.56. The van der Waals surface area contributed by atoms with Gasteiger partial charge in [0.2, 0.25) is 0 Å². The first-order valence-electron chi connectivity index (χ1n) is 6.58. The third-order valence-corrected chi connectivity index (χ3v) is 4.02. The third kappa shape index (κ3) is 2.78. The first-order valence-corrected chi connectivity index (χ1v) is 7.34. The van der Waals surface area contributed by atoms with Crippen LogP contribution in [0.1, 0.15) is 22.7 Å². The summed E-state index contributed by atoms with van der Waals surface area (Å²) in [6.45, 7) is 0.705. The molecule has 0 saturated heterocycles. The van der Waals surface area contributed by atoms with Crippen molar-refractivity contribution in [3.05, 3.63) is 63.1 Å². The molecule has 1 aliphatic rings. The van der Waals surface area contributed by atoms with Crippen LogP contribution in [0.2, 0.25) is 10.0 Å². The number of rotatable bonds is 3. The molecule has 0 amide bonds. The normalized spacial score (nSPS) is 14.8. The number of benzene rings is 2. The first-order chi connectivity index (χ1) is 9.63. The molecule has 0 fully saturated rings. The van der Waals surface area contributed by atoms with Gasteiger partial charge in [-0.1, -0.05) is 35.3 Å². The number of fused-ring (bicyclic) bond motifs is 1. The smallest absolute Gasteiger partial charge is 0.127 e. The van der Waals surface area contributed by atoms with E-state index in [-0.39, 0.29) is 6.04 Å². The molecule has 0 aliphatic carbocycles. The lowest BCUT2D eigenvalue weighted by Gasteiger charge is -2.16. The quantitative estimate of drug-likeness (QED) is 0.923. The average molecular weight is 308 g/mol. The number of nitrogens with two attached hydrogens (primary N) is 1. The molecular formula is C16H15Cl2NO. The topological polar surface area (TPSA) is 35.2 Å². The molecule has 1 unspecified atom stereocenters. The zero-order chi connectivity index (χ0) is 14.1. The molecular weight excluding hydrogens is 293 g/mol. The van der Waals surface area contributed by atoms with E-state index in [0.29, 0.717) is 6.61 Å². The minimum Gasteiger partial charge on any atom is -0.493 e. The van der Waals surface area contributed by atoms with Gasteiger partial charge >= 0.3 is 0 Å². The highest BCUT2D eigenvalue weighted by atomic mass is 35.5. The lowest BCUT2D eigenvalue weighted by molar-refractivity contribution is 0.351. The Morgan fingerprint density at radius 2 is 1.85 bits per heavy atom. The molecule has 4 heteroatoms. The van der Waals surface area contributed by atoms with Gasteiger partial charge in [0.1, 0.15) is 5.75 Å². The van der Waals surface area contributed by atoms with E-state index in [1.54, 1.807) is 0 Å². The molecule has 2 N–H and O–H groups in total. The van der Waals surface area contributed by atoms with E-state index in [4.69, 9.17) is 33.7 Å². The molecule has 104 valence electrons. The molecule has 2 aromatic carbocycles. The average Bonchev–Trinajstić information content (AvgIpc) is 2.88. The molecule has 0 aromatic heterocycles. The summed E-state index contributed by atoms with van der Waals surface area (Å²) in [7, 11) is 0. The second-order valence-corrected chi connectivity index (χ2v) is 5.89. The van der Waals surface area contributed by atoms with Crippen LogP contribution in [-0.4, -0.2) is 6.61 Å². The van der Waals surface area contributed by atoms with Crippen molar-refractivity contribution in [3.8, 4) is 5.75 Å². The van der Waals surface area contributed by atoms with Crippen molar-refractivity contribution in [1.29, 1.82) is 0 Å². The van der Waals surface area contributed by atoms with E-state index in [2.05, 4.69) is 0 Å². The summed E-state index contributed by atoms with van der Waals surface area (Å²) in [5.74, 6) is 0.913. The Kier molecular flexibility index (Phi) is 3.88. The largest absolute Gasteiger partial charge is 0.493 e. The molecule has 1 atom stereocenters. The summed E-state index contributed by atoms with van der Waals surface area (Å²) in [6.07, 6.45) is 1.63. The van der Waals surface area contributed by atoms with E-state index >= 15 is 0 Å². The summed E-state index contributed by atoms with van der Waals surface area (Å²) in [4.78, 5) is 0. The zero-order valence-electron chi connectivity index (χ0n) is 10.9. The van der Waals surface area contributed by atoms with Crippen molar-refractivity contribution >= 4 is 23.2 Å². The Hall–Kier alpha value is -1.22. The Bertz CT molecular complexity index is 625. The fraction of sp³-hybridized carbons (Fsp3) is 0.250. The van der Waals surface area contributed by atoms with E-state index in [1.165, 1.54) is 0 Å². The SMILES string of the molecule is NC(Cc1ccc(Cl)cc1)c1cc(Cl)cc2c1OCC2. The maximum atomic E-state index is 6.34. The Morgan fingerprint density at radius 3 is 2.60 bits per heavy atom. The maximum absolute atomic E-state index is 6.34. The van der Waals surface area contributed by atoms with Gasteiger partial charge in [-0.2, -0.15) is 0 Å². The summed E-state index contributed by atoms with van der Waals surface area (Å²) < 4.78 is 5.70. The van der Waals surface area contributed by atoms with Crippen LogP contribution in [0, 0.1) is 0 Å². The van der Waals surface area contributed by atoms with E-state index in [1.807, 2.05) is 36.4 Å². The van der Waals surface area contributed by atoms with E-state index in [0.717, 1.165) is 45.3 Å². The molecule has 2 aromatic rings. The lowest BCUT2D eigenvalue weighted by Crippen LogP contribution is -2.14. The molecule has 0 saturated carbocycles. The summed E-state index contributed by atoms with van der Waals surface area (Å²) in [6, 6.07) is 11.5. The molecule has 1 aliphatic heterocycles. The van der Waals surface area contributed by atoms with E-state index < -0.39 is 0 Å². The van der Waals surface area contributed by atoms with Gasteiger partial charge in [-0.25, -0.2) is 0 Å². The van der Waals surface area contributed by atoms with Crippen LogP contribution < -0.4 is 10.5 Å². The first kappa shape index (κ1) is 13.7. The van der Waals surface area contributed by atoms with Crippen molar-refractivity contribution in [2.45, 2.75) is 18.9 Å². The minimum absolute atomic E-state index is 0.137. The number of hydrogen-bond acceptors (Lipinski definition) is 2. The van der Waals surface area contributed by atoms with Gasteiger partial charge in [-0.15, -0.1) is 0 Å². The van der Waals surface area contributed by atoms with Crippen molar-refractivity contribution in [2.75, 3.05) is 6.61 Å². The Labute approximate surface area is 128 Å². The van der Waals surface area contributed by atoms with Crippen LogP contribution in [0.25, 0.3) is 0 Å². The van der Waals surface area contributed by atoms with Crippen LogP contribution in [0.15, 0.2) is 36.4 Å². The maximum Gasteiger partial charge on any atom is 0.127 e. The van der Waals surface area contributed by atoms with Crippen molar-refractivity contribution in [2.24, 2.45) is 5.73 Å². The van der Waals surface area contributed by atoms with Gasteiger partial charge < -0.3 is 10.5 Å². The van der Waals surface area contributed by atoms with Crippen LogP contribution in [0.3, 0.4) is 0 Å². The number of hydrogen-bond donors (Lipinski definition) is 1. The Morgan fingerprint density at radius 1 is 1.10 bits per heavy atom. The Balaban J connectivity index is 1.87. The summed E-state index contributed by atoms with van der Waals surface area (Å²) in [5, 5.41) is 1.45. The van der Waals surface area contributed by atoms with Crippen LogP contribution in [0.4, 0.5) is 0 Å². The highest BCUT2D eigenvalue weighted by Crippen LogP contribution is 2.36. The minimum atomic E-state index is -0.137. The van der Waals surface area contributed by atoms with E-state index in [9.17, 15) is 0 Å². The highest BCUT2D eigenvalue weighted by molar-refractivity contribution is 6.31. The van der Waals surface area contributed by atoms with Gasteiger partial charge in [0.25, 0.3) is 0 Å². The van der Waals surface area contributed by atoms with Crippen molar-refractivity contribution in [3.63, 3.8) is 0 Å². The second-order valence-electron chi connectivity index (χ2n) is 5.02. The lowest BCUT2D eigenvalue weighted by atomic mass is 9.97. The molecule has 1 heterocycles. The summed E-state index contributed by atoms with van der Waals surface area (Å²) in [5.41, 5.74) is 9.62.